The fraction of sp³-hybridized carbons (Fsp3) is 0.609. The maximum absolute atomic E-state index is 13.1. The average Bonchev–Trinajstić information content (AvgIpc) is 3.05. The molecule has 4 heterocycles. The first-order chi connectivity index (χ1) is 14.5. The van der Waals surface area contributed by atoms with E-state index in [0.717, 1.165) is 38.3 Å². The van der Waals surface area contributed by atoms with Gasteiger partial charge in [-0.2, -0.15) is 0 Å². The SMILES string of the molecule is O=C1CCC(N2Cc3ccc(CN4CCCC5(CCNCC5)C4)cc3C2=O)C(=O)N1. The molecule has 4 aliphatic heterocycles. The lowest BCUT2D eigenvalue weighted by Crippen LogP contribution is -2.52. The molecule has 3 fully saturated rings. The van der Waals surface area contributed by atoms with Crippen molar-refractivity contribution in [1.82, 2.24) is 20.4 Å². The topological polar surface area (TPSA) is 81.8 Å². The molecular weight excluding hydrogens is 380 g/mol. The van der Waals surface area contributed by atoms with Gasteiger partial charge in [-0.3, -0.25) is 24.6 Å². The smallest absolute Gasteiger partial charge is 0.255 e. The van der Waals surface area contributed by atoms with Crippen LogP contribution in [0.1, 0.15) is 60.0 Å². The lowest BCUT2D eigenvalue weighted by Gasteiger charge is -2.45. The predicted octanol–water partition coefficient (Wildman–Crippen LogP) is 1.41. The van der Waals surface area contributed by atoms with Crippen LogP contribution in [-0.4, -0.2) is 59.7 Å². The zero-order valence-electron chi connectivity index (χ0n) is 17.4. The molecule has 0 radical (unpaired) electrons. The number of nitrogens with zero attached hydrogens (tertiary/aromatic N) is 2. The highest BCUT2D eigenvalue weighted by Gasteiger charge is 2.39. The van der Waals surface area contributed by atoms with Crippen LogP contribution in [0.5, 0.6) is 0 Å². The molecule has 1 spiro atoms. The maximum atomic E-state index is 13.1. The first-order valence-corrected chi connectivity index (χ1v) is 11.2. The van der Waals surface area contributed by atoms with Crippen molar-refractivity contribution in [2.45, 2.75) is 57.7 Å². The Hall–Kier alpha value is -2.25. The molecule has 0 saturated carbocycles. The van der Waals surface area contributed by atoms with E-state index in [4.69, 9.17) is 0 Å². The quantitative estimate of drug-likeness (QED) is 0.737. The van der Waals surface area contributed by atoms with Gasteiger partial charge in [0.2, 0.25) is 11.8 Å². The molecule has 1 aromatic carbocycles. The summed E-state index contributed by atoms with van der Waals surface area (Å²) in [5.74, 6) is -0.696. The fourth-order valence-corrected chi connectivity index (χ4v) is 5.77. The second-order valence-electron chi connectivity index (χ2n) is 9.46. The van der Waals surface area contributed by atoms with Gasteiger partial charge >= 0.3 is 0 Å². The summed E-state index contributed by atoms with van der Waals surface area (Å²) in [7, 11) is 0. The zero-order chi connectivity index (χ0) is 20.7. The minimum atomic E-state index is -0.548. The average molecular weight is 411 g/mol. The van der Waals surface area contributed by atoms with Crippen molar-refractivity contribution in [3.05, 3.63) is 34.9 Å². The Labute approximate surface area is 177 Å². The minimum absolute atomic E-state index is 0.0881. The molecular formula is C23H30N4O3. The van der Waals surface area contributed by atoms with Gasteiger partial charge in [0.25, 0.3) is 5.91 Å². The summed E-state index contributed by atoms with van der Waals surface area (Å²) >= 11 is 0. The molecule has 0 aliphatic carbocycles. The molecule has 4 aliphatic rings. The molecule has 160 valence electrons. The van der Waals surface area contributed by atoms with E-state index in [9.17, 15) is 14.4 Å². The number of nitrogens with one attached hydrogen (secondary N) is 2. The van der Waals surface area contributed by atoms with Gasteiger partial charge in [0.05, 0.1) is 0 Å². The number of rotatable bonds is 3. The van der Waals surface area contributed by atoms with E-state index in [-0.39, 0.29) is 24.1 Å². The van der Waals surface area contributed by atoms with Crippen LogP contribution >= 0.6 is 0 Å². The third-order valence-corrected chi connectivity index (χ3v) is 7.40. The number of piperidine rings is 3. The highest BCUT2D eigenvalue weighted by atomic mass is 16.2. The minimum Gasteiger partial charge on any atom is -0.322 e. The van der Waals surface area contributed by atoms with Gasteiger partial charge in [-0.15, -0.1) is 0 Å². The summed E-state index contributed by atoms with van der Waals surface area (Å²) in [5, 5.41) is 5.85. The summed E-state index contributed by atoms with van der Waals surface area (Å²) in [6.45, 7) is 5.81. The molecule has 0 bridgehead atoms. The number of imide groups is 1. The zero-order valence-corrected chi connectivity index (χ0v) is 17.4. The van der Waals surface area contributed by atoms with Gasteiger partial charge in [0.1, 0.15) is 6.04 Å². The molecule has 5 rings (SSSR count). The van der Waals surface area contributed by atoms with Crippen LogP contribution in [0.15, 0.2) is 18.2 Å². The van der Waals surface area contributed by atoms with E-state index in [1.54, 1.807) is 4.90 Å². The predicted molar refractivity (Wildman–Crippen MR) is 112 cm³/mol. The lowest BCUT2D eigenvalue weighted by atomic mass is 9.73. The molecule has 7 heteroatoms. The van der Waals surface area contributed by atoms with Crippen LogP contribution in [0, 0.1) is 5.41 Å². The van der Waals surface area contributed by atoms with Gasteiger partial charge < -0.3 is 10.2 Å². The highest BCUT2D eigenvalue weighted by molar-refractivity contribution is 6.05. The van der Waals surface area contributed by atoms with Crippen LogP contribution in [0.25, 0.3) is 0 Å². The Kier molecular flexibility index (Phi) is 5.11. The summed E-state index contributed by atoms with van der Waals surface area (Å²) in [6.07, 6.45) is 5.78. The largest absolute Gasteiger partial charge is 0.322 e. The molecule has 3 saturated heterocycles. The molecule has 1 unspecified atom stereocenters. The summed E-state index contributed by atoms with van der Waals surface area (Å²) in [4.78, 5) is 40.9. The Morgan fingerprint density at radius 3 is 2.73 bits per heavy atom. The number of amides is 3. The van der Waals surface area contributed by atoms with Gasteiger partial charge in [-0.1, -0.05) is 12.1 Å². The normalized spacial score (nSPS) is 26.7. The Bertz CT molecular complexity index is 872. The van der Waals surface area contributed by atoms with E-state index in [1.807, 2.05) is 12.1 Å². The number of likely N-dealkylation sites (tertiary alicyclic amines) is 1. The van der Waals surface area contributed by atoms with E-state index >= 15 is 0 Å². The van der Waals surface area contributed by atoms with Gasteiger partial charge in [0.15, 0.2) is 0 Å². The van der Waals surface area contributed by atoms with Crippen LogP contribution in [0.4, 0.5) is 0 Å². The number of hydrogen-bond donors (Lipinski definition) is 2. The standard InChI is InChI=1S/C23H30N4O3/c28-20-5-4-19(21(29)25-20)27-14-17-3-2-16(12-18(17)22(27)30)13-26-11-1-6-23(15-26)7-9-24-10-8-23/h2-3,12,19,24H,1,4-11,13-15H2,(H,25,28,29). The number of benzene rings is 1. The van der Waals surface area contributed by atoms with Crippen molar-refractivity contribution < 1.29 is 14.4 Å². The Morgan fingerprint density at radius 2 is 1.93 bits per heavy atom. The van der Waals surface area contributed by atoms with Crippen LogP contribution in [0.2, 0.25) is 0 Å². The summed E-state index contributed by atoms with van der Waals surface area (Å²) in [6, 6.07) is 5.64. The molecule has 30 heavy (non-hydrogen) atoms. The molecule has 3 amide bonds. The van der Waals surface area contributed by atoms with E-state index in [0.29, 0.717) is 23.9 Å². The van der Waals surface area contributed by atoms with Crippen LogP contribution in [0.3, 0.4) is 0 Å². The molecule has 2 N–H and O–H groups in total. The highest BCUT2D eigenvalue weighted by Crippen LogP contribution is 2.38. The fourth-order valence-electron chi connectivity index (χ4n) is 5.77. The van der Waals surface area contributed by atoms with Crippen molar-refractivity contribution >= 4 is 17.7 Å². The van der Waals surface area contributed by atoms with Crippen LogP contribution < -0.4 is 10.6 Å². The van der Waals surface area contributed by atoms with Crippen molar-refractivity contribution in [2.75, 3.05) is 26.2 Å². The van der Waals surface area contributed by atoms with E-state index < -0.39 is 6.04 Å². The molecule has 1 aromatic rings. The molecule has 7 nitrogen and oxygen atoms in total. The molecule has 0 aromatic heterocycles. The Balaban J connectivity index is 1.28. The van der Waals surface area contributed by atoms with Crippen molar-refractivity contribution in [3.63, 3.8) is 0 Å². The summed E-state index contributed by atoms with van der Waals surface area (Å²) < 4.78 is 0. The van der Waals surface area contributed by atoms with Crippen LogP contribution in [-0.2, 0) is 22.7 Å². The summed E-state index contributed by atoms with van der Waals surface area (Å²) in [5.41, 5.74) is 3.31. The van der Waals surface area contributed by atoms with E-state index in [2.05, 4.69) is 21.6 Å². The monoisotopic (exact) mass is 410 g/mol. The first-order valence-electron chi connectivity index (χ1n) is 11.2. The van der Waals surface area contributed by atoms with Crippen molar-refractivity contribution in [3.8, 4) is 0 Å². The number of fused-ring (bicyclic) bond motifs is 1. The maximum Gasteiger partial charge on any atom is 0.255 e. The third kappa shape index (κ3) is 3.65. The van der Waals surface area contributed by atoms with Gasteiger partial charge in [0, 0.05) is 31.6 Å². The number of hydrogen-bond acceptors (Lipinski definition) is 5. The number of carbonyl (C=O) groups is 3. The first kappa shape index (κ1) is 19.7. The second kappa shape index (κ2) is 7.78. The van der Waals surface area contributed by atoms with Crippen molar-refractivity contribution in [1.29, 1.82) is 0 Å². The number of carbonyl (C=O) groups excluding carboxylic acids is 3. The third-order valence-electron chi connectivity index (χ3n) is 7.40. The lowest BCUT2D eigenvalue weighted by molar-refractivity contribution is -0.136. The molecule has 1 atom stereocenters. The van der Waals surface area contributed by atoms with Gasteiger partial charge in [-0.25, -0.2) is 0 Å². The van der Waals surface area contributed by atoms with Crippen molar-refractivity contribution in [2.24, 2.45) is 5.41 Å². The van der Waals surface area contributed by atoms with Gasteiger partial charge in [-0.05, 0) is 74.3 Å². The van der Waals surface area contributed by atoms with E-state index in [1.165, 1.54) is 31.2 Å². The Morgan fingerprint density at radius 1 is 1.10 bits per heavy atom. The second-order valence-corrected chi connectivity index (χ2v) is 9.46.